The van der Waals surface area contributed by atoms with Crippen LogP contribution in [0, 0.1) is 10.5 Å². The van der Waals surface area contributed by atoms with E-state index in [1.807, 2.05) is 59.8 Å². The molecule has 0 saturated carbocycles. The van der Waals surface area contributed by atoms with Gasteiger partial charge >= 0.3 is 0 Å². The Morgan fingerprint density at radius 1 is 1.20 bits per heavy atom. The second-order valence-corrected chi connectivity index (χ2v) is 5.64. The molecule has 2 heterocycles. The molecule has 3 rings (SSSR count). The minimum atomic E-state index is -0.000932. The van der Waals surface area contributed by atoms with Crippen LogP contribution in [-0.2, 0) is 6.54 Å². The first kappa shape index (κ1) is 13.2. The smallest absolute Gasteiger partial charge is 0.267 e. The van der Waals surface area contributed by atoms with Gasteiger partial charge in [-0.25, -0.2) is 4.98 Å². The van der Waals surface area contributed by atoms with Crippen LogP contribution in [0.3, 0.4) is 0 Å². The quantitative estimate of drug-likeness (QED) is 0.646. The van der Waals surface area contributed by atoms with Gasteiger partial charge in [0.1, 0.15) is 0 Å². The van der Waals surface area contributed by atoms with Crippen molar-refractivity contribution >= 4 is 33.5 Å². The number of halogens is 1. The fourth-order valence-electron chi connectivity index (χ4n) is 2.14. The van der Waals surface area contributed by atoms with E-state index in [2.05, 4.69) is 9.97 Å². The summed E-state index contributed by atoms with van der Waals surface area (Å²) < 4.78 is 2.31. The number of benzene rings is 1. The van der Waals surface area contributed by atoms with Crippen molar-refractivity contribution in [2.45, 2.75) is 13.5 Å². The van der Waals surface area contributed by atoms with Crippen molar-refractivity contribution in [3.63, 3.8) is 0 Å². The Morgan fingerprint density at radius 2 is 2.00 bits per heavy atom. The number of aryl methyl sites for hydroxylation is 1. The van der Waals surface area contributed by atoms with Gasteiger partial charge in [-0.15, -0.1) is 0 Å². The van der Waals surface area contributed by atoms with Gasteiger partial charge in [-0.3, -0.25) is 14.3 Å². The van der Waals surface area contributed by atoms with E-state index < -0.39 is 0 Å². The molecule has 4 nitrogen and oxygen atoms in total. The number of pyridine rings is 1. The molecule has 2 aromatic heterocycles. The number of rotatable bonds is 2. The van der Waals surface area contributed by atoms with Crippen molar-refractivity contribution in [3.05, 3.63) is 68.0 Å². The van der Waals surface area contributed by atoms with E-state index in [9.17, 15) is 4.79 Å². The molecule has 0 spiro atoms. The fraction of sp³-hybridized carbons (Fsp3) is 0.133. The van der Waals surface area contributed by atoms with E-state index in [4.69, 9.17) is 0 Å². The summed E-state index contributed by atoms with van der Waals surface area (Å²) in [6.45, 7) is 2.35. The van der Waals surface area contributed by atoms with Crippen molar-refractivity contribution in [1.29, 1.82) is 0 Å². The lowest BCUT2D eigenvalue weighted by Gasteiger charge is -2.09. The maximum atomic E-state index is 12.2. The van der Waals surface area contributed by atoms with E-state index in [-0.39, 0.29) is 5.56 Å². The molecule has 20 heavy (non-hydrogen) atoms. The Morgan fingerprint density at radius 3 is 2.85 bits per heavy atom. The molecule has 0 aliphatic rings. The highest BCUT2D eigenvalue weighted by Crippen LogP contribution is 2.16. The third kappa shape index (κ3) is 2.33. The lowest BCUT2D eigenvalue weighted by molar-refractivity contribution is 0.727. The van der Waals surface area contributed by atoms with Gasteiger partial charge in [0.05, 0.1) is 27.7 Å². The zero-order valence-electron chi connectivity index (χ0n) is 10.9. The molecule has 0 N–H and O–H groups in total. The summed E-state index contributed by atoms with van der Waals surface area (Å²) in [5, 5.41) is 1.07. The predicted octanol–water partition coefficient (Wildman–Crippen LogP) is 2.75. The Bertz CT molecular complexity index is 837. The molecule has 0 aliphatic heterocycles. The maximum Gasteiger partial charge on any atom is 0.267 e. The highest BCUT2D eigenvalue weighted by Gasteiger charge is 2.07. The van der Waals surface area contributed by atoms with Crippen LogP contribution in [0.2, 0.25) is 0 Å². The molecular weight excluding hydrogens is 365 g/mol. The molecule has 0 amide bonds. The van der Waals surface area contributed by atoms with Crippen molar-refractivity contribution in [3.8, 4) is 0 Å². The van der Waals surface area contributed by atoms with Gasteiger partial charge in [0.15, 0.2) is 0 Å². The van der Waals surface area contributed by atoms with Crippen LogP contribution in [0.25, 0.3) is 10.9 Å². The van der Waals surface area contributed by atoms with Crippen LogP contribution in [-0.4, -0.2) is 14.5 Å². The van der Waals surface area contributed by atoms with Crippen molar-refractivity contribution in [2.24, 2.45) is 0 Å². The zero-order chi connectivity index (χ0) is 14.1. The van der Waals surface area contributed by atoms with E-state index in [1.165, 1.54) is 0 Å². The number of aromatic nitrogens is 3. The van der Waals surface area contributed by atoms with Gasteiger partial charge < -0.3 is 0 Å². The normalized spacial score (nSPS) is 10.9. The second kappa shape index (κ2) is 5.32. The van der Waals surface area contributed by atoms with E-state index >= 15 is 0 Å². The highest BCUT2D eigenvalue weighted by molar-refractivity contribution is 14.1. The van der Waals surface area contributed by atoms with Crippen molar-refractivity contribution < 1.29 is 0 Å². The summed E-state index contributed by atoms with van der Waals surface area (Å²) in [6.07, 6.45) is 3.38. The van der Waals surface area contributed by atoms with E-state index in [1.54, 1.807) is 17.1 Å². The lowest BCUT2D eigenvalue weighted by Crippen LogP contribution is -2.24. The Labute approximate surface area is 129 Å². The highest BCUT2D eigenvalue weighted by atomic mass is 127. The molecular formula is C15H12IN3O. The zero-order valence-corrected chi connectivity index (χ0v) is 13.0. The minimum Gasteiger partial charge on any atom is -0.294 e. The molecule has 0 unspecified atom stereocenters. The average Bonchev–Trinajstić information content (AvgIpc) is 2.48. The Hall–Kier alpha value is -1.76. The maximum absolute atomic E-state index is 12.2. The molecule has 1 aromatic carbocycles. The third-order valence-corrected chi connectivity index (χ3v) is 4.48. The predicted molar refractivity (Wildman–Crippen MR) is 86.8 cm³/mol. The summed E-state index contributed by atoms with van der Waals surface area (Å²) in [5.41, 5.74) is 2.78. The molecule has 5 heteroatoms. The first-order valence-electron chi connectivity index (χ1n) is 6.21. The minimum absolute atomic E-state index is 0.000932. The number of hydrogen-bond donors (Lipinski definition) is 0. The van der Waals surface area contributed by atoms with Crippen molar-refractivity contribution in [2.75, 3.05) is 0 Å². The number of fused-ring (bicyclic) bond motifs is 1. The first-order chi connectivity index (χ1) is 9.66. The van der Waals surface area contributed by atoms with Crippen LogP contribution in [0.15, 0.2) is 47.7 Å². The Balaban J connectivity index is 2.11. The first-order valence-corrected chi connectivity index (χ1v) is 7.29. The number of hydrogen-bond acceptors (Lipinski definition) is 3. The molecule has 0 aliphatic carbocycles. The molecule has 0 bridgehead atoms. The second-order valence-electron chi connectivity index (χ2n) is 4.56. The average molecular weight is 377 g/mol. The van der Waals surface area contributed by atoms with Gasteiger partial charge in [0.2, 0.25) is 0 Å². The van der Waals surface area contributed by atoms with Crippen LogP contribution in [0.4, 0.5) is 0 Å². The number of nitrogens with zero attached hydrogens (tertiary/aromatic N) is 3. The summed E-state index contributed by atoms with van der Waals surface area (Å²) in [4.78, 5) is 20.8. The van der Waals surface area contributed by atoms with Crippen molar-refractivity contribution in [1.82, 2.24) is 14.5 Å². The monoisotopic (exact) mass is 377 g/mol. The topological polar surface area (TPSA) is 47.8 Å². The standard InChI is InChI=1S/C15H12IN3O/c1-10-14(16)15(20)19(9-18-10)8-11-6-7-17-13-5-3-2-4-12(11)13/h2-7,9H,8H2,1H3. The summed E-state index contributed by atoms with van der Waals surface area (Å²) in [6, 6.07) is 9.88. The largest absolute Gasteiger partial charge is 0.294 e. The summed E-state index contributed by atoms with van der Waals surface area (Å²) in [7, 11) is 0. The molecule has 0 atom stereocenters. The van der Waals surface area contributed by atoms with E-state index in [0.717, 1.165) is 22.2 Å². The van der Waals surface area contributed by atoms with Gasteiger partial charge in [0.25, 0.3) is 5.56 Å². The van der Waals surface area contributed by atoms with Gasteiger partial charge in [0, 0.05) is 11.6 Å². The summed E-state index contributed by atoms with van der Waals surface area (Å²) in [5.74, 6) is 0. The molecule has 100 valence electrons. The molecule has 0 saturated heterocycles. The van der Waals surface area contributed by atoms with Gasteiger partial charge in [-0.05, 0) is 47.2 Å². The van der Waals surface area contributed by atoms with Gasteiger partial charge in [-0.2, -0.15) is 0 Å². The van der Waals surface area contributed by atoms with Crippen LogP contribution < -0.4 is 5.56 Å². The third-order valence-electron chi connectivity index (χ3n) is 3.24. The fourth-order valence-corrected chi connectivity index (χ4v) is 2.58. The van der Waals surface area contributed by atoms with Crippen LogP contribution in [0.1, 0.15) is 11.3 Å². The van der Waals surface area contributed by atoms with Gasteiger partial charge in [-0.1, -0.05) is 18.2 Å². The SMILES string of the molecule is Cc1ncn(Cc2ccnc3ccccc23)c(=O)c1I. The van der Waals surface area contributed by atoms with Crippen LogP contribution in [0.5, 0.6) is 0 Å². The molecule has 0 radical (unpaired) electrons. The number of para-hydroxylation sites is 1. The van der Waals surface area contributed by atoms with Crippen LogP contribution >= 0.6 is 22.6 Å². The Kier molecular flexibility index (Phi) is 3.52. The van der Waals surface area contributed by atoms with E-state index in [0.29, 0.717) is 10.1 Å². The summed E-state index contributed by atoms with van der Waals surface area (Å²) >= 11 is 2.05. The molecule has 3 aromatic rings. The lowest BCUT2D eigenvalue weighted by atomic mass is 10.1. The molecule has 0 fully saturated rings.